The van der Waals surface area contributed by atoms with Crippen LogP contribution in [0.3, 0.4) is 0 Å². The maximum absolute atomic E-state index is 12.6. The largest absolute Gasteiger partial charge is 0.371 e. The van der Waals surface area contributed by atoms with Gasteiger partial charge in [0, 0.05) is 54.8 Å². The van der Waals surface area contributed by atoms with E-state index in [1.165, 1.54) is 29.7 Å². The first-order valence-corrected chi connectivity index (χ1v) is 10.8. The van der Waals surface area contributed by atoms with Crippen LogP contribution in [0.5, 0.6) is 0 Å². The molecular formula is C24H39N3O. The van der Waals surface area contributed by atoms with Gasteiger partial charge in [-0.25, -0.2) is 0 Å². The molecule has 0 N–H and O–H groups in total. The zero-order valence-corrected chi connectivity index (χ0v) is 19.0. The molecule has 1 heterocycles. The Labute approximate surface area is 172 Å². The van der Waals surface area contributed by atoms with Crippen LogP contribution in [0.25, 0.3) is 0 Å². The molecule has 1 aliphatic heterocycles. The molecule has 2 fully saturated rings. The average Bonchev–Trinajstić information content (AvgIpc) is 3.49. The van der Waals surface area contributed by atoms with Crippen molar-refractivity contribution in [2.75, 3.05) is 26.2 Å². The highest BCUT2D eigenvalue weighted by molar-refractivity contribution is 6.03. The van der Waals surface area contributed by atoms with Gasteiger partial charge in [-0.05, 0) is 51.5 Å². The van der Waals surface area contributed by atoms with Gasteiger partial charge in [-0.2, -0.15) is 0 Å². The summed E-state index contributed by atoms with van der Waals surface area (Å²) < 4.78 is 0. The standard InChI is InChI=1S/C24H39N3O/c1-8-10-13-25-18(3)22(21(9-2)20-11-12-20)19(4)26-14-16-27(17-15-26)23(28)24(5,6)7/h9-10,13,20H,8,11-12,14-17H2,1-7H3/b13-10+,21-9-,22-19-,25-18+. The molecule has 2 rings (SSSR count). The van der Waals surface area contributed by atoms with Crippen LogP contribution in [0, 0.1) is 11.3 Å². The van der Waals surface area contributed by atoms with Crippen molar-refractivity contribution in [3.8, 4) is 0 Å². The molecule has 1 saturated carbocycles. The number of nitrogens with zero attached hydrogens (tertiary/aromatic N) is 3. The van der Waals surface area contributed by atoms with Crippen LogP contribution in [0.4, 0.5) is 0 Å². The zero-order chi connectivity index (χ0) is 20.9. The van der Waals surface area contributed by atoms with E-state index in [2.05, 4.69) is 44.7 Å². The second-order valence-corrected chi connectivity index (χ2v) is 9.02. The number of hydrogen-bond donors (Lipinski definition) is 0. The summed E-state index contributed by atoms with van der Waals surface area (Å²) in [5.41, 5.74) is 4.83. The van der Waals surface area contributed by atoms with Crippen LogP contribution >= 0.6 is 0 Å². The third-order valence-electron chi connectivity index (χ3n) is 5.63. The molecule has 1 saturated heterocycles. The molecule has 28 heavy (non-hydrogen) atoms. The van der Waals surface area contributed by atoms with E-state index in [1.54, 1.807) is 0 Å². The van der Waals surface area contributed by atoms with Gasteiger partial charge in [-0.3, -0.25) is 9.79 Å². The molecular weight excluding hydrogens is 346 g/mol. The van der Waals surface area contributed by atoms with Gasteiger partial charge in [-0.1, -0.05) is 39.8 Å². The number of hydrogen-bond acceptors (Lipinski definition) is 3. The Morgan fingerprint density at radius 1 is 1.07 bits per heavy atom. The Morgan fingerprint density at radius 2 is 1.64 bits per heavy atom. The van der Waals surface area contributed by atoms with Gasteiger partial charge in [0.15, 0.2) is 0 Å². The normalized spacial score (nSPS) is 20.7. The van der Waals surface area contributed by atoms with E-state index in [4.69, 9.17) is 4.99 Å². The first-order chi connectivity index (χ1) is 13.2. The van der Waals surface area contributed by atoms with Crippen LogP contribution in [0.2, 0.25) is 0 Å². The minimum atomic E-state index is -0.308. The fourth-order valence-corrected chi connectivity index (χ4v) is 3.87. The summed E-state index contributed by atoms with van der Waals surface area (Å²) in [5.74, 6) is 0.933. The smallest absolute Gasteiger partial charge is 0.228 e. The van der Waals surface area contributed by atoms with Gasteiger partial charge in [-0.15, -0.1) is 0 Å². The molecule has 0 aromatic rings. The third-order valence-corrected chi connectivity index (χ3v) is 5.63. The van der Waals surface area contributed by atoms with E-state index in [1.807, 2.05) is 31.9 Å². The molecule has 0 unspecified atom stereocenters. The lowest BCUT2D eigenvalue weighted by Crippen LogP contribution is -2.51. The number of piperazine rings is 1. The lowest BCUT2D eigenvalue weighted by molar-refractivity contribution is -0.141. The van der Waals surface area contributed by atoms with Crippen molar-refractivity contribution in [3.05, 3.63) is 35.2 Å². The van der Waals surface area contributed by atoms with Gasteiger partial charge in [0.2, 0.25) is 5.91 Å². The summed E-state index contributed by atoms with van der Waals surface area (Å²) in [6, 6.07) is 0. The summed E-state index contributed by atoms with van der Waals surface area (Å²) in [7, 11) is 0. The minimum Gasteiger partial charge on any atom is -0.371 e. The molecule has 0 aromatic heterocycles. The Bertz CT molecular complexity index is 679. The van der Waals surface area contributed by atoms with E-state index < -0.39 is 0 Å². The average molecular weight is 386 g/mol. The fraction of sp³-hybridized carbons (Fsp3) is 0.667. The summed E-state index contributed by atoms with van der Waals surface area (Å²) >= 11 is 0. The number of amides is 1. The predicted molar refractivity (Wildman–Crippen MR) is 119 cm³/mol. The van der Waals surface area contributed by atoms with E-state index in [-0.39, 0.29) is 11.3 Å². The molecule has 1 amide bonds. The van der Waals surface area contributed by atoms with Crippen LogP contribution in [-0.2, 0) is 4.79 Å². The molecule has 4 nitrogen and oxygen atoms in total. The van der Waals surface area contributed by atoms with Crippen molar-refractivity contribution in [1.29, 1.82) is 0 Å². The van der Waals surface area contributed by atoms with E-state index in [0.717, 1.165) is 38.3 Å². The molecule has 1 aliphatic carbocycles. The third kappa shape index (κ3) is 5.59. The van der Waals surface area contributed by atoms with Crippen molar-refractivity contribution in [2.24, 2.45) is 16.3 Å². The van der Waals surface area contributed by atoms with E-state index in [9.17, 15) is 4.79 Å². The molecule has 0 bridgehead atoms. The zero-order valence-electron chi connectivity index (χ0n) is 19.0. The Balaban J connectivity index is 2.25. The first-order valence-electron chi connectivity index (χ1n) is 10.8. The lowest BCUT2D eigenvalue weighted by atomic mass is 9.93. The van der Waals surface area contributed by atoms with Gasteiger partial charge in [0.1, 0.15) is 0 Å². The van der Waals surface area contributed by atoms with Crippen molar-refractivity contribution in [2.45, 2.75) is 67.7 Å². The van der Waals surface area contributed by atoms with Crippen LogP contribution < -0.4 is 0 Å². The Hall–Kier alpha value is -1.84. The van der Waals surface area contributed by atoms with E-state index in [0.29, 0.717) is 5.92 Å². The van der Waals surface area contributed by atoms with Gasteiger partial charge in [0.05, 0.1) is 0 Å². The molecule has 4 heteroatoms. The molecule has 0 radical (unpaired) electrons. The minimum absolute atomic E-state index is 0.253. The summed E-state index contributed by atoms with van der Waals surface area (Å²) in [6.07, 6.45) is 9.86. The van der Waals surface area contributed by atoms with Crippen molar-refractivity contribution >= 4 is 11.6 Å². The highest BCUT2D eigenvalue weighted by Gasteiger charge is 2.32. The number of carbonyl (C=O) groups is 1. The van der Waals surface area contributed by atoms with Crippen LogP contribution in [0.1, 0.15) is 67.7 Å². The first kappa shape index (κ1) is 22.4. The second kappa shape index (κ2) is 9.58. The maximum atomic E-state index is 12.6. The van der Waals surface area contributed by atoms with Crippen molar-refractivity contribution in [1.82, 2.24) is 9.80 Å². The van der Waals surface area contributed by atoms with Gasteiger partial charge < -0.3 is 9.80 Å². The summed E-state index contributed by atoms with van der Waals surface area (Å²) in [5, 5.41) is 0. The molecule has 2 aliphatic rings. The second-order valence-electron chi connectivity index (χ2n) is 9.02. The van der Waals surface area contributed by atoms with Crippen LogP contribution in [-0.4, -0.2) is 47.6 Å². The number of aliphatic imine (C=N–C) groups is 1. The monoisotopic (exact) mass is 385 g/mol. The lowest BCUT2D eigenvalue weighted by Gasteiger charge is -2.40. The number of allylic oxidation sites excluding steroid dienone is 5. The summed E-state index contributed by atoms with van der Waals surface area (Å²) in [6.45, 7) is 18.0. The van der Waals surface area contributed by atoms with Crippen LogP contribution in [0.15, 0.2) is 40.2 Å². The highest BCUT2D eigenvalue weighted by Crippen LogP contribution is 2.41. The SMILES string of the molecule is C\C=C(C(/C(C)=N/C=C/CC)=C(/C)N1CCN(C(=O)C(C)(C)C)CC1)\C1CC1. The number of carbonyl (C=O) groups excluding carboxylic acids is 1. The quantitative estimate of drug-likeness (QED) is 0.466. The Kier molecular flexibility index (Phi) is 7.68. The maximum Gasteiger partial charge on any atom is 0.228 e. The van der Waals surface area contributed by atoms with Crippen molar-refractivity contribution in [3.63, 3.8) is 0 Å². The molecule has 0 atom stereocenters. The highest BCUT2D eigenvalue weighted by atomic mass is 16.2. The fourth-order valence-electron chi connectivity index (χ4n) is 3.87. The molecule has 0 aromatic carbocycles. The Morgan fingerprint density at radius 3 is 2.11 bits per heavy atom. The van der Waals surface area contributed by atoms with E-state index >= 15 is 0 Å². The summed E-state index contributed by atoms with van der Waals surface area (Å²) in [4.78, 5) is 21.8. The van der Waals surface area contributed by atoms with Crippen molar-refractivity contribution < 1.29 is 4.79 Å². The van der Waals surface area contributed by atoms with Gasteiger partial charge in [0.25, 0.3) is 0 Å². The topological polar surface area (TPSA) is 35.9 Å². The number of rotatable bonds is 6. The predicted octanol–water partition coefficient (Wildman–Crippen LogP) is 5.19. The van der Waals surface area contributed by atoms with Gasteiger partial charge >= 0.3 is 0 Å². The molecule has 0 spiro atoms. The molecule has 156 valence electrons.